The average molecular weight is 423 g/mol. The summed E-state index contributed by atoms with van der Waals surface area (Å²) in [7, 11) is 0. The van der Waals surface area contributed by atoms with E-state index in [1.165, 1.54) is 5.56 Å². The maximum absolute atomic E-state index is 13.4. The Hall–Kier alpha value is -2.92. The summed E-state index contributed by atoms with van der Waals surface area (Å²) in [4.78, 5) is 26.1. The lowest BCUT2D eigenvalue weighted by Gasteiger charge is -2.21. The second-order valence-corrected chi connectivity index (χ2v) is 8.59. The van der Waals surface area contributed by atoms with Gasteiger partial charge in [0.2, 0.25) is 0 Å². The van der Waals surface area contributed by atoms with Crippen molar-refractivity contribution in [2.75, 3.05) is 0 Å². The van der Waals surface area contributed by atoms with Crippen molar-refractivity contribution in [2.24, 2.45) is 5.92 Å². The van der Waals surface area contributed by atoms with Gasteiger partial charge in [-0.25, -0.2) is 0 Å². The van der Waals surface area contributed by atoms with E-state index >= 15 is 0 Å². The third kappa shape index (κ3) is 5.16. The smallest absolute Gasteiger partial charge is 0.306 e. The van der Waals surface area contributed by atoms with Gasteiger partial charge in [0.1, 0.15) is 12.4 Å². The lowest BCUT2D eigenvalue weighted by Crippen LogP contribution is -2.21. The quantitative estimate of drug-likeness (QED) is 0.428. The molecule has 0 spiro atoms. The van der Waals surface area contributed by atoms with Crippen LogP contribution in [0.3, 0.4) is 0 Å². The van der Waals surface area contributed by atoms with Gasteiger partial charge in [-0.2, -0.15) is 0 Å². The number of ether oxygens (including phenoxy) is 1. The van der Waals surface area contributed by atoms with Crippen molar-refractivity contribution in [3.8, 4) is 5.75 Å². The van der Waals surface area contributed by atoms with Crippen LogP contribution < -0.4 is 4.74 Å². The molecular formula is C25H26O4S. The van der Waals surface area contributed by atoms with Crippen LogP contribution in [0, 0.1) is 19.8 Å². The number of ketones is 1. The zero-order valence-corrected chi connectivity index (χ0v) is 18.2. The number of rotatable bonds is 9. The van der Waals surface area contributed by atoms with Crippen LogP contribution in [0.15, 0.2) is 60.0 Å². The molecule has 2 aromatic carbocycles. The van der Waals surface area contributed by atoms with Crippen LogP contribution in [0.25, 0.3) is 0 Å². The molecule has 2 unspecified atom stereocenters. The third-order valence-corrected chi connectivity index (χ3v) is 6.34. The summed E-state index contributed by atoms with van der Waals surface area (Å²) < 4.78 is 5.91. The van der Waals surface area contributed by atoms with Gasteiger partial charge < -0.3 is 9.84 Å². The van der Waals surface area contributed by atoms with Crippen molar-refractivity contribution in [3.05, 3.63) is 87.1 Å². The van der Waals surface area contributed by atoms with E-state index in [9.17, 15) is 14.7 Å². The number of carboxylic acid groups (broad SMARTS) is 1. The van der Waals surface area contributed by atoms with Crippen molar-refractivity contribution in [1.29, 1.82) is 0 Å². The van der Waals surface area contributed by atoms with Gasteiger partial charge in [0.15, 0.2) is 5.78 Å². The molecule has 0 amide bonds. The van der Waals surface area contributed by atoms with Gasteiger partial charge in [-0.15, -0.1) is 11.3 Å². The Morgan fingerprint density at radius 2 is 1.80 bits per heavy atom. The van der Waals surface area contributed by atoms with Crippen LogP contribution in [0.5, 0.6) is 5.75 Å². The van der Waals surface area contributed by atoms with Crippen LogP contribution in [-0.2, 0) is 11.4 Å². The van der Waals surface area contributed by atoms with Gasteiger partial charge in [0, 0.05) is 16.4 Å². The summed E-state index contributed by atoms with van der Waals surface area (Å²) in [6, 6.07) is 16.9. The van der Waals surface area contributed by atoms with E-state index in [2.05, 4.69) is 6.07 Å². The molecule has 156 valence electrons. The van der Waals surface area contributed by atoms with Gasteiger partial charge in [-0.1, -0.05) is 43.3 Å². The minimum absolute atomic E-state index is 0.0878. The minimum atomic E-state index is -0.898. The van der Waals surface area contributed by atoms with Crippen molar-refractivity contribution in [2.45, 2.75) is 39.7 Å². The third-order valence-electron chi connectivity index (χ3n) is 5.35. The molecule has 30 heavy (non-hydrogen) atoms. The van der Waals surface area contributed by atoms with Crippen molar-refractivity contribution >= 4 is 23.1 Å². The predicted octanol–water partition coefficient (Wildman–Crippen LogP) is 6.02. The highest BCUT2D eigenvalue weighted by Gasteiger charge is 2.28. The van der Waals surface area contributed by atoms with Gasteiger partial charge >= 0.3 is 5.97 Å². The Labute approximate surface area is 181 Å². The molecule has 0 saturated carbocycles. The predicted molar refractivity (Wildman–Crippen MR) is 119 cm³/mol. The summed E-state index contributed by atoms with van der Waals surface area (Å²) in [6.45, 7) is 6.09. The normalized spacial score (nSPS) is 12.9. The molecule has 4 nitrogen and oxygen atoms in total. The fraction of sp³-hybridized carbons (Fsp3) is 0.280. The highest BCUT2D eigenvalue weighted by atomic mass is 32.1. The molecule has 2 atom stereocenters. The van der Waals surface area contributed by atoms with Crippen molar-refractivity contribution < 1.29 is 19.4 Å². The molecule has 0 saturated heterocycles. The number of carboxylic acids is 1. The Morgan fingerprint density at radius 3 is 2.47 bits per heavy atom. The second kappa shape index (κ2) is 9.72. The minimum Gasteiger partial charge on any atom is -0.488 e. The van der Waals surface area contributed by atoms with Crippen LogP contribution in [0.1, 0.15) is 51.2 Å². The van der Waals surface area contributed by atoms with E-state index < -0.39 is 17.8 Å². The van der Waals surface area contributed by atoms with Gasteiger partial charge in [0.05, 0.1) is 5.92 Å². The first-order valence-corrected chi connectivity index (χ1v) is 10.8. The topological polar surface area (TPSA) is 63.6 Å². The van der Waals surface area contributed by atoms with Crippen LogP contribution >= 0.6 is 11.3 Å². The Bertz CT molecular complexity index is 1040. The van der Waals surface area contributed by atoms with Crippen LogP contribution in [0.4, 0.5) is 0 Å². The Kier molecular flexibility index (Phi) is 7.06. The fourth-order valence-electron chi connectivity index (χ4n) is 3.45. The lowest BCUT2D eigenvalue weighted by molar-refractivity contribution is -0.141. The monoisotopic (exact) mass is 422 g/mol. The van der Waals surface area contributed by atoms with E-state index in [0.29, 0.717) is 17.9 Å². The van der Waals surface area contributed by atoms with E-state index in [-0.39, 0.29) is 12.2 Å². The van der Waals surface area contributed by atoms with E-state index in [1.54, 1.807) is 36.5 Å². The highest BCUT2D eigenvalue weighted by molar-refractivity contribution is 7.10. The van der Waals surface area contributed by atoms with Crippen LogP contribution in [-0.4, -0.2) is 16.9 Å². The molecule has 1 heterocycles. The number of aryl methyl sites for hydroxylation is 2. The summed E-state index contributed by atoms with van der Waals surface area (Å²) in [5, 5.41) is 11.4. The zero-order valence-electron chi connectivity index (χ0n) is 17.4. The number of carbonyl (C=O) groups excluding carboxylic acids is 1. The Balaban J connectivity index is 1.86. The van der Waals surface area contributed by atoms with Gasteiger partial charge in [-0.3, -0.25) is 9.59 Å². The number of hydrogen-bond donors (Lipinski definition) is 1. The largest absolute Gasteiger partial charge is 0.488 e. The van der Waals surface area contributed by atoms with E-state index in [1.807, 2.05) is 49.6 Å². The molecule has 0 radical (unpaired) electrons. The molecule has 3 aromatic rings. The Morgan fingerprint density at radius 1 is 1.03 bits per heavy atom. The standard InChI is InChI=1S/C25H26O4S/c1-16-7-4-5-10-21(16)22(13-18(3)25(27)28)24(26)19-8-6-9-20(14-19)29-15-23-17(2)11-12-30-23/h4-12,14,18,22H,13,15H2,1-3H3,(H,27,28). The first kappa shape index (κ1) is 21.8. The SMILES string of the molecule is Cc1ccccc1C(CC(C)C(=O)O)C(=O)c1cccc(OCc2sccc2C)c1. The van der Waals surface area contributed by atoms with Gasteiger partial charge in [0.25, 0.3) is 0 Å². The molecule has 0 aliphatic carbocycles. The molecule has 0 aliphatic rings. The molecule has 0 fully saturated rings. The number of aliphatic carboxylic acids is 1. The number of Topliss-reactive ketones (excluding diaryl/α,β-unsaturated/α-hetero) is 1. The van der Waals surface area contributed by atoms with Gasteiger partial charge in [-0.05, 0) is 60.5 Å². The second-order valence-electron chi connectivity index (χ2n) is 7.59. The zero-order chi connectivity index (χ0) is 21.7. The van der Waals surface area contributed by atoms with E-state index in [0.717, 1.165) is 16.0 Å². The number of benzene rings is 2. The first-order valence-electron chi connectivity index (χ1n) is 9.95. The molecular weight excluding hydrogens is 396 g/mol. The fourth-order valence-corrected chi connectivity index (χ4v) is 4.27. The summed E-state index contributed by atoms with van der Waals surface area (Å²) in [5.74, 6) is -1.50. The lowest BCUT2D eigenvalue weighted by atomic mass is 9.82. The summed E-state index contributed by atoms with van der Waals surface area (Å²) in [5.41, 5.74) is 3.57. The molecule has 1 aromatic heterocycles. The molecule has 0 aliphatic heterocycles. The highest BCUT2D eigenvalue weighted by Crippen LogP contribution is 2.31. The first-order chi connectivity index (χ1) is 14.4. The maximum atomic E-state index is 13.4. The summed E-state index contributed by atoms with van der Waals surface area (Å²) >= 11 is 1.65. The van der Waals surface area contributed by atoms with Crippen molar-refractivity contribution in [3.63, 3.8) is 0 Å². The molecule has 5 heteroatoms. The number of carbonyl (C=O) groups is 2. The average Bonchev–Trinajstić information content (AvgIpc) is 3.15. The summed E-state index contributed by atoms with van der Waals surface area (Å²) in [6.07, 6.45) is 0.249. The van der Waals surface area contributed by atoms with E-state index in [4.69, 9.17) is 4.74 Å². The maximum Gasteiger partial charge on any atom is 0.306 e. The number of thiophene rings is 1. The van der Waals surface area contributed by atoms with Crippen molar-refractivity contribution in [1.82, 2.24) is 0 Å². The van der Waals surface area contributed by atoms with Crippen LogP contribution in [0.2, 0.25) is 0 Å². The molecule has 3 rings (SSSR count). The molecule has 0 bridgehead atoms. The molecule has 1 N–H and O–H groups in total. The number of hydrogen-bond acceptors (Lipinski definition) is 4.